The number of phenolic OH excluding ortho intramolecular Hbond substituents is 1. The van der Waals surface area contributed by atoms with Gasteiger partial charge in [0.1, 0.15) is 5.75 Å². The summed E-state index contributed by atoms with van der Waals surface area (Å²) in [7, 11) is 0. The molecule has 0 spiro atoms. The number of amides is 1. The van der Waals surface area contributed by atoms with E-state index in [2.05, 4.69) is 12.2 Å². The maximum atomic E-state index is 11.9. The van der Waals surface area contributed by atoms with Gasteiger partial charge in [-0.2, -0.15) is 0 Å². The molecule has 4 nitrogen and oxygen atoms in total. The first-order valence-corrected chi connectivity index (χ1v) is 6.74. The van der Waals surface area contributed by atoms with Gasteiger partial charge < -0.3 is 16.2 Å². The number of nitrogens with two attached hydrogens (primary N) is 1. The Balaban J connectivity index is 2.55. The number of carbonyl (C=O) groups is 1. The Kier molecular flexibility index (Phi) is 5.83. The fourth-order valence-electron chi connectivity index (χ4n) is 1.95. The Bertz CT molecular complexity index is 444. The van der Waals surface area contributed by atoms with Crippen molar-refractivity contribution in [2.75, 3.05) is 11.9 Å². The third-order valence-corrected chi connectivity index (χ3v) is 3.34. The average Bonchev–Trinajstić information content (AvgIpc) is 2.34. The first-order valence-electron chi connectivity index (χ1n) is 6.74. The molecule has 0 saturated carbocycles. The van der Waals surface area contributed by atoms with E-state index < -0.39 is 0 Å². The molecule has 0 aliphatic rings. The maximum Gasteiger partial charge on any atom is 0.224 e. The van der Waals surface area contributed by atoms with E-state index in [0.717, 1.165) is 29.7 Å². The normalized spacial score (nSPS) is 12.2. The van der Waals surface area contributed by atoms with E-state index in [1.54, 1.807) is 12.1 Å². The smallest absolute Gasteiger partial charge is 0.224 e. The van der Waals surface area contributed by atoms with Gasteiger partial charge in [0.25, 0.3) is 0 Å². The first-order chi connectivity index (χ1) is 8.93. The molecule has 0 aliphatic carbocycles. The van der Waals surface area contributed by atoms with Crippen molar-refractivity contribution >= 4 is 11.6 Å². The van der Waals surface area contributed by atoms with Gasteiger partial charge in [-0.05, 0) is 62.4 Å². The zero-order valence-electron chi connectivity index (χ0n) is 12.0. The second-order valence-electron chi connectivity index (χ2n) is 5.22. The molecular formula is C15H24N2O2. The highest BCUT2D eigenvalue weighted by Crippen LogP contribution is 2.25. The topological polar surface area (TPSA) is 75.4 Å². The van der Waals surface area contributed by atoms with Gasteiger partial charge in [-0.3, -0.25) is 4.79 Å². The maximum absolute atomic E-state index is 11.9. The van der Waals surface area contributed by atoms with E-state index in [1.165, 1.54) is 0 Å². The molecule has 1 aromatic carbocycles. The van der Waals surface area contributed by atoms with Crippen molar-refractivity contribution in [1.29, 1.82) is 0 Å². The Morgan fingerprint density at radius 3 is 2.63 bits per heavy atom. The molecule has 0 heterocycles. The van der Waals surface area contributed by atoms with Crippen LogP contribution in [0.5, 0.6) is 5.75 Å². The van der Waals surface area contributed by atoms with Gasteiger partial charge in [0, 0.05) is 12.1 Å². The number of rotatable bonds is 6. The van der Waals surface area contributed by atoms with E-state index in [9.17, 15) is 9.90 Å². The standard InChI is InChI=1S/C15H24N2O2/c1-10(6-7-16)4-5-15(19)17-13-8-12(3)14(18)9-11(13)2/h8-10,18H,4-7,16H2,1-3H3,(H,17,19). The van der Waals surface area contributed by atoms with E-state index in [1.807, 2.05) is 13.8 Å². The zero-order valence-corrected chi connectivity index (χ0v) is 12.0. The molecule has 1 rings (SSSR count). The van der Waals surface area contributed by atoms with Crippen LogP contribution in [0.1, 0.15) is 37.3 Å². The van der Waals surface area contributed by atoms with Gasteiger partial charge in [0.05, 0.1) is 0 Å². The van der Waals surface area contributed by atoms with Crippen molar-refractivity contribution in [3.05, 3.63) is 23.3 Å². The van der Waals surface area contributed by atoms with Gasteiger partial charge in [0.2, 0.25) is 5.91 Å². The summed E-state index contributed by atoms with van der Waals surface area (Å²) in [5.41, 5.74) is 7.88. The number of hydrogen-bond donors (Lipinski definition) is 3. The molecule has 0 bridgehead atoms. The summed E-state index contributed by atoms with van der Waals surface area (Å²) in [6.07, 6.45) is 2.30. The van der Waals surface area contributed by atoms with Crippen LogP contribution in [0.25, 0.3) is 0 Å². The second kappa shape index (κ2) is 7.14. The van der Waals surface area contributed by atoms with Gasteiger partial charge in [-0.25, -0.2) is 0 Å². The summed E-state index contributed by atoms with van der Waals surface area (Å²) in [6, 6.07) is 3.47. The summed E-state index contributed by atoms with van der Waals surface area (Å²) < 4.78 is 0. The minimum atomic E-state index is 0.0112. The summed E-state index contributed by atoms with van der Waals surface area (Å²) in [6.45, 7) is 6.45. The van der Waals surface area contributed by atoms with Crippen molar-refractivity contribution in [3.63, 3.8) is 0 Å². The van der Waals surface area contributed by atoms with Crippen LogP contribution in [-0.4, -0.2) is 17.6 Å². The van der Waals surface area contributed by atoms with Crippen LogP contribution in [0.15, 0.2) is 12.1 Å². The van der Waals surface area contributed by atoms with Crippen LogP contribution in [0.4, 0.5) is 5.69 Å². The fraction of sp³-hybridized carbons (Fsp3) is 0.533. The number of carbonyl (C=O) groups excluding carboxylic acids is 1. The van der Waals surface area contributed by atoms with E-state index in [4.69, 9.17) is 5.73 Å². The number of nitrogens with one attached hydrogen (secondary N) is 1. The van der Waals surface area contributed by atoms with Crippen LogP contribution in [0.2, 0.25) is 0 Å². The highest BCUT2D eigenvalue weighted by molar-refractivity contribution is 5.91. The number of phenols is 1. The Hall–Kier alpha value is -1.55. The largest absolute Gasteiger partial charge is 0.508 e. The van der Waals surface area contributed by atoms with Gasteiger partial charge >= 0.3 is 0 Å². The van der Waals surface area contributed by atoms with Gasteiger partial charge in [0.15, 0.2) is 0 Å². The summed E-state index contributed by atoms with van der Waals surface area (Å²) >= 11 is 0. The lowest BCUT2D eigenvalue weighted by Gasteiger charge is -2.12. The molecular weight excluding hydrogens is 240 g/mol. The number of anilines is 1. The summed E-state index contributed by atoms with van der Waals surface area (Å²) in [5, 5.41) is 12.5. The molecule has 0 fully saturated rings. The number of aryl methyl sites for hydroxylation is 2. The molecule has 1 atom stereocenters. The predicted octanol–water partition coefficient (Wildman–Crippen LogP) is 2.71. The highest BCUT2D eigenvalue weighted by atomic mass is 16.3. The Morgan fingerprint density at radius 1 is 1.32 bits per heavy atom. The lowest BCUT2D eigenvalue weighted by molar-refractivity contribution is -0.116. The lowest BCUT2D eigenvalue weighted by atomic mass is 10.0. The molecule has 4 N–H and O–H groups in total. The average molecular weight is 264 g/mol. The Labute approximate surface area is 115 Å². The van der Waals surface area contributed by atoms with Crippen LogP contribution in [0, 0.1) is 19.8 Å². The van der Waals surface area contributed by atoms with Gasteiger partial charge in [-0.15, -0.1) is 0 Å². The van der Waals surface area contributed by atoms with Crippen molar-refractivity contribution < 1.29 is 9.90 Å². The molecule has 19 heavy (non-hydrogen) atoms. The molecule has 106 valence electrons. The quantitative estimate of drug-likeness (QED) is 0.691. The van der Waals surface area contributed by atoms with Crippen molar-refractivity contribution in [2.24, 2.45) is 11.7 Å². The van der Waals surface area contributed by atoms with Crippen LogP contribution in [-0.2, 0) is 4.79 Å². The molecule has 1 aromatic rings. The minimum absolute atomic E-state index is 0.0112. The molecule has 0 aliphatic heterocycles. The van der Waals surface area contributed by atoms with Crippen LogP contribution >= 0.6 is 0 Å². The molecule has 1 unspecified atom stereocenters. The van der Waals surface area contributed by atoms with Crippen molar-refractivity contribution in [1.82, 2.24) is 0 Å². The van der Waals surface area contributed by atoms with E-state index in [0.29, 0.717) is 18.9 Å². The van der Waals surface area contributed by atoms with Gasteiger partial charge in [-0.1, -0.05) is 6.92 Å². The van der Waals surface area contributed by atoms with E-state index >= 15 is 0 Å². The fourth-order valence-corrected chi connectivity index (χ4v) is 1.95. The van der Waals surface area contributed by atoms with E-state index in [-0.39, 0.29) is 11.7 Å². The third-order valence-electron chi connectivity index (χ3n) is 3.34. The van der Waals surface area contributed by atoms with Crippen molar-refractivity contribution in [3.8, 4) is 5.75 Å². The molecule has 0 radical (unpaired) electrons. The minimum Gasteiger partial charge on any atom is -0.508 e. The zero-order chi connectivity index (χ0) is 14.4. The molecule has 0 saturated heterocycles. The third kappa shape index (κ3) is 4.91. The number of hydrogen-bond acceptors (Lipinski definition) is 3. The SMILES string of the molecule is Cc1cc(NC(=O)CCC(C)CCN)c(C)cc1O. The van der Waals surface area contributed by atoms with Crippen molar-refractivity contribution in [2.45, 2.75) is 40.0 Å². The molecule has 4 heteroatoms. The summed E-state index contributed by atoms with van der Waals surface area (Å²) in [4.78, 5) is 11.9. The second-order valence-corrected chi connectivity index (χ2v) is 5.22. The first kappa shape index (κ1) is 15.5. The highest BCUT2D eigenvalue weighted by Gasteiger charge is 2.09. The van der Waals surface area contributed by atoms with Crippen LogP contribution < -0.4 is 11.1 Å². The predicted molar refractivity (Wildman–Crippen MR) is 78.3 cm³/mol. The summed E-state index contributed by atoms with van der Waals surface area (Å²) in [5.74, 6) is 0.738. The monoisotopic (exact) mass is 264 g/mol. The number of benzene rings is 1. The molecule has 1 amide bonds. The number of aromatic hydroxyl groups is 1. The molecule has 0 aromatic heterocycles. The van der Waals surface area contributed by atoms with Crippen LogP contribution in [0.3, 0.4) is 0 Å². The Morgan fingerprint density at radius 2 is 2.00 bits per heavy atom. The lowest BCUT2D eigenvalue weighted by Crippen LogP contribution is -2.14.